The van der Waals surface area contributed by atoms with Gasteiger partial charge in [0.25, 0.3) is 0 Å². The van der Waals surface area contributed by atoms with E-state index in [4.69, 9.17) is 4.74 Å². The SMILES string of the molecule is O=C(COCc1ccccc1)N[C@@H](Cc1cccc(C(F)(F)F)c1)C(=O)O. The number of amides is 1. The summed E-state index contributed by atoms with van der Waals surface area (Å²) in [6.45, 7) is -0.180. The summed E-state index contributed by atoms with van der Waals surface area (Å²) in [7, 11) is 0. The van der Waals surface area contributed by atoms with Crippen LogP contribution in [0, 0.1) is 0 Å². The van der Waals surface area contributed by atoms with Gasteiger partial charge in [0.15, 0.2) is 0 Å². The molecule has 27 heavy (non-hydrogen) atoms. The smallest absolute Gasteiger partial charge is 0.416 e. The van der Waals surface area contributed by atoms with Gasteiger partial charge in [0.05, 0.1) is 12.2 Å². The van der Waals surface area contributed by atoms with E-state index in [1.165, 1.54) is 12.1 Å². The standard InChI is InChI=1S/C19H18F3NO4/c20-19(21,22)15-8-4-7-14(9-15)10-16(18(25)26)23-17(24)12-27-11-13-5-2-1-3-6-13/h1-9,16H,10-12H2,(H,23,24)(H,25,26)/t16-/m0/s1. The van der Waals surface area contributed by atoms with Crippen LogP contribution >= 0.6 is 0 Å². The first-order valence-corrected chi connectivity index (χ1v) is 8.05. The Kier molecular flexibility index (Phi) is 6.95. The molecule has 0 aliphatic rings. The van der Waals surface area contributed by atoms with Crippen LogP contribution < -0.4 is 5.32 Å². The van der Waals surface area contributed by atoms with E-state index >= 15 is 0 Å². The van der Waals surface area contributed by atoms with E-state index in [9.17, 15) is 27.9 Å². The first-order chi connectivity index (χ1) is 12.8. The fourth-order valence-corrected chi connectivity index (χ4v) is 2.38. The molecule has 2 rings (SSSR count). The van der Waals surface area contributed by atoms with Gasteiger partial charge < -0.3 is 15.2 Å². The maximum atomic E-state index is 12.8. The van der Waals surface area contributed by atoms with Gasteiger partial charge in [-0.3, -0.25) is 4.79 Å². The lowest BCUT2D eigenvalue weighted by Crippen LogP contribution is -2.43. The summed E-state index contributed by atoms with van der Waals surface area (Å²) in [6, 6.07) is 12.1. The number of carboxylic acids is 1. The number of carbonyl (C=O) groups excluding carboxylic acids is 1. The number of ether oxygens (including phenoxy) is 1. The number of hydrogen-bond donors (Lipinski definition) is 2. The first-order valence-electron chi connectivity index (χ1n) is 8.05. The van der Waals surface area contributed by atoms with Crippen LogP contribution in [0.2, 0.25) is 0 Å². The van der Waals surface area contributed by atoms with Gasteiger partial charge in [-0.15, -0.1) is 0 Å². The van der Waals surface area contributed by atoms with Crippen LogP contribution in [0.15, 0.2) is 54.6 Å². The number of carboxylic acid groups (broad SMARTS) is 1. The molecule has 1 atom stereocenters. The normalized spacial score (nSPS) is 12.4. The lowest BCUT2D eigenvalue weighted by molar-refractivity contribution is -0.142. The van der Waals surface area contributed by atoms with Crippen molar-refractivity contribution in [2.45, 2.75) is 25.2 Å². The fourth-order valence-electron chi connectivity index (χ4n) is 2.38. The summed E-state index contributed by atoms with van der Waals surface area (Å²) in [5.74, 6) is -2.01. The van der Waals surface area contributed by atoms with Gasteiger partial charge in [-0.1, -0.05) is 48.5 Å². The highest BCUT2D eigenvalue weighted by molar-refractivity contribution is 5.84. The van der Waals surface area contributed by atoms with E-state index in [-0.39, 0.29) is 25.2 Å². The van der Waals surface area contributed by atoms with E-state index in [1.54, 1.807) is 0 Å². The molecule has 0 fully saturated rings. The Morgan fingerprint density at radius 3 is 2.33 bits per heavy atom. The molecule has 8 heteroatoms. The Hall–Kier alpha value is -2.87. The van der Waals surface area contributed by atoms with E-state index in [0.717, 1.165) is 17.7 Å². The highest BCUT2D eigenvalue weighted by Gasteiger charge is 2.31. The van der Waals surface area contributed by atoms with Crippen molar-refractivity contribution in [3.63, 3.8) is 0 Å². The van der Waals surface area contributed by atoms with Crippen molar-refractivity contribution in [2.75, 3.05) is 6.61 Å². The molecule has 0 aliphatic carbocycles. The molecule has 0 unspecified atom stereocenters. The van der Waals surface area contributed by atoms with E-state index in [2.05, 4.69) is 5.32 Å². The predicted octanol–water partition coefficient (Wildman–Crippen LogP) is 3.03. The Morgan fingerprint density at radius 1 is 1.04 bits per heavy atom. The number of benzene rings is 2. The van der Waals surface area contributed by atoms with Crippen LogP contribution in [0.25, 0.3) is 0 Å². The molecule has 0 bridgehead atoms. The molecular weight excluding hydrogens is 363 g/mol. The van der Waals surface area contributed by atoms with Gasteiger partial charge >= 0.3 is 12.1 Å². The zero-order valence-electron chi connectivity index (χ0n) is 14.2. The number of halogens is 3. The number of aliphatic carboxylic acids is 1. The minimum Gasteiger partial charge on any atom is -0.480 e. The van der Waals surface area contributed by atoms with Gasteiger partial charge in [-0.25, -0.2) is 4.79 Å². The molecule has 0 aliphatic heterocycles. The van der Waals surface area contributed by atoms with E-state index < -0.39 is 29.7 Å². The van der Waals surface area contributed by atoms with Gasteiger partial charge in [0.1, 0.15) is 12.6 Å². The number of hydrogen-bond acceptors (Lipinski definition) is 3. The van der Waals surface area contributed by atoms with Crippen LogP contribution in [0.5, 0.6) is 0 Å². The summed E-state index contributed by atoms with van der Waals surface area (Å²) < 4.78 is 43.5. The number of alkyl halides is 3. The van der Waals surface area contributed by atoms with Crippen molar-refractivity contribution >= 4 is 11.9 Å². The van der Waals surface area contributed by atoms with E-state index in [0.29, 0.717) is 0 Å². The monoisotopic (exact) mass is 381 g/mol. The Labute approximate surface area is 153 Å². The van der Waals surface area contributed by atoms with Gasteiger partial charge in [-0.2, -0.15) is 13.2 Å². The molecule has 0 saturated heterocycles. The van der Waals surface area contributed by atoms with Crippen LogP contribution in [0.4, 0.5) is 13.2 Å². The second-order valence-corrected chi connectivity index (χ2v) is 5.84. The molecule has 2 aromatic carbocycles. The molecular formula is C19H18F3NO4. The number of carbonyl (C=O) groups is 2. The summed E-state index contributed by atoms with van der Waals surface area (Å²) >= 11 is 0. The lowest BCUT2D eigenvalue weighted by atomic mass is 10.0. The van der Waals surface area contributed by atoms with Crippen LogP contribution in [0.3, 0.4) is 0 Å². The maximum Gasteiger partial charge on any atom is 0.416 e. The van der Waals surface area contributed by atoms with Gasteiger partial charge in [-0.05, 0) is 17.2 Å². The Bertz CT molecular complexity index is 778. The third kappa shape index (κ3) is 6.74. The van der Waals surface area contributed by atoms with Crippen molar-refractivity contribution in [1.82, 2.24) is 5.32 Å². The average molecular weight is 381 g/mol. The molecule has 1 amide bonds. The molecule has 0 heterocycles. The molecule has 0 radical (unpaired) electrons. The van der Waals surface area contributed by atoms with Crippen molar-refractivity contribution in [2.24, 2.45) is 0 Å². The minimum atomic E-state index is -4.52. The lowest BCUT2D eigenvalue weighted by Gasteiger charge is -2.16. The Balaban J connectivity index is 1.91. The first kappa shape index (κ1) is 20.4. The van der Waals surface area contributed by atoms with Crippen molar-refractivity contribution in [1.29, 1.82) is 0 Å². The third-order valence-electron chi connectivity index (χ3n) is 3.67. The zero-order valence-corrected chi connectivity index (χ0v) is 14.2. The zero-order chi connectivity index (χ0) is 19.9. The molecule has 0 spiro atoms. The largest absolute Gasteiger partial charge is 0.480 e. The van der Waals surface area contributed by atoms with Crippen molar-refractivity contribution in [3.05, 3.63) is 71.3 Å². The highest BCUT2D eigenvalue weighted by Crippen LogP contribution is 2.29. The second kappa shape index (κ2) is 9.18. The maximum absolute atomic E-state index is 12.8. The number of nitrogens with one attached hydrogen (secondary N) is 1. The number of rotatable bonds is 8. The topological polar surface area (TPSA) is 75.6 Å². The van der Waals surface area contributed by atoms with Crippen LogP contribution in [-0.2, 0) is 33.5 Å². The molecule has 5 nitrogen and oxygen atoms in total. The molecule has 0 aromatic heterocycles. The summed E-state index contributed by atoms with van der Waals surface area (Å²) in [6.07, 6.45) is -4.80. The summed E-state index contributed by atoms with van der Waals surface area (Å²) in [5.41, 5.74) is 0.133. The van der Waals surface area contributed by atoms with Gasteiger partial charge in [0.2, 0.25) is 5.91 Å². The second-order valence-electron chi connectivity index (χ2n) is 5.84. The molecule has 2 aromatic rings. The van der Waals surface area contributed by atoms with Crippen molar-refractivity contribution in [3.8, 4) is 0 Å². The minimum absolute atomic E-state index is 0.155. The average Bonchev–Trinajstić information content (AvgIpc) is 2.61. The highest BCUT2D eigenvalue weighted by atomic mass is 19.4. The van der Waals surface area contributed by atoms with Crippen LogP contribution in [0.1, 0.15) is 16.7 Å². The van der Waals surface area contributed by atoms with E-state index in [1.807, 2.05) is 30.3 Å². The summed E-state index contributed by atoms with van der Waals surface area (Å²) in [5, 5.41) is 11.5. The van der Waals surface area contributed by atoms with Gasteiger partial charge in [0, 0.05) is 6.42 Å². The molecule has 144 valence electrons. The fraction of sp³-hybridized carbons (Fsp3) is 0.263. The summed E-state index contributed by atoms with van der Waals surface area (Å²) in [4.78, 5) is 23.2. The molecule has 0 saturated carbocycles. The molecule has 2 N–H and O–H groups in total. The van der Waals surface area contributed by atoms with Crippen LogP contribution in [-0.4, -0.2) is 29.6 Å². The Morgan fingerprint density at radius 2 is 1.70 bits per heavy atom. The quantitative estimate of drug-likeness (QED) is 0.737. The predicted molar refractivity (Wildman–Crippen MR) is 90.8 cm³/mol. The third-order valence-corrected chi connectivity index (χ3v) is 3.67. The van der Waals surface area contributed by atoms with Crippen molar-refractivity contribution < 1.29 is 32.6 Å².